The number of pyridine rings is 1. The topological polar surface area (TPSA) is 147 Å². The molecule has 3 heterocycles. The van der Waals surface area contributed by atoms with Gasteiger partial charge in [-0.2, -0.15) is 23.3 Å². The smallest absolute Gasteiger partial charge is 0.431 e. The third kappa shape index (κ3) is 3.80. The summed E-state index contributed by atoms with van der Waals surface area (Å²) in [5.74, 6) is 0.0958. The SMILES string of the molecule is Cc1nc(NC(=O)c2n[nH]c3ccc4nc(C(C=N)=C(N)C(F)(F)F)c5c(c4c23)CCCC5)co1. The van der Waals surface area contributed by atoms with Crippen molar-refractivity contribution >= 4 is 45.3 Å². The van der Waals surface area contributed by atoms with Crippen molar-refractivity contribution in [3.8, 4) is 0 Å². The summed E-state index contributed by atoms with van der Waals surface area (Å²) in [6.07, 6.45) is -0.267. The number of oxazole rings is 1. The first-order chi connectivity index (χ1) is 16.7. The number of carbonyl (C=O) groups is 1. The minimum atomic E-state index is -4.80. The first-order valence-corrected chi connectivity index (χ1v) is 10.8. The highest BCUT2D eigenvalue weighted by molar-refractivity contribution is 6.20. The molecule has 0 saturated carbocycles. The number of aryl methyl sites for hydroxylation is 2. The average molecular weight is 483 g/mol. The molecule has 0 saturated heterocycles. The van der Waals surface area contributed by atoms with E-state index >= 15 is 0 Å². The van der Waals surface area contributed by atoms with Gasteiger partial charge in [0, 0.05) is 29.5 Å². The first-order valence-electron chi connectivity index (χ1n) is 10.8. The number of nitrogens with two attached hydrogens (primary N) is 1. The Morgan fingerprint density at radius 2 is 1.91 bits per heavy atom. The molecule has 0 spiro atoms. The number of H-pyrrole nitrogens is 1. The fourth-order valence-electron chi connectivity index (χ4n) is 4.54. The van der Waals surface area contributed by atoms with E-state index in [4.69, 9.17) is 15.6 Å². The van der Waals surface area contributed by atoms with Crippen molar-refractivity contribution in [1.29, 1.82) is 5.41 Å². The predicted molar refractivity (Wildman–Crippen MR) is 123 cm³/mol. The number of hydrogen-bond donors (Lipinski definition) is 4. The molecule has 0 aliphatic heterocycles. The lowest BCUT2D eigenvalue weighted by molar-refractivity contribution is -0.0919. The number of aromatic nitrogens is 4. The maximum atomic E-state index is 13.4. The van der Waals surface area contributed by atoms with E-state index in [2.05, 4.69) is 25.5 Å². The Morgan fingerprint density at radius 1 is 1.17 bits per heavy atom. The lowest BCUT2D eigenvalue weighted by atomic mass is 9.85. The lowest BCUT2D eigenvalue weighted by Crippen LogP contribution is -2.23. The van der Waals surface area contributed by atoms with E-state index < -0.39 is 23.4 Å². The molecule has 1 aromatic carbocycles. The van der Waals surface area contributed by atoms with Crippen LogP contribution in [0.1, 0.15) is 46.0 Å². The van der Waals surface area contributed by atoms with Gasteiger partial charge in [0.05, 0.1) is 16.7 Å². The van der Waals surface area contributed by atoms with Gasteiger partial charge in [-0.3, -0.25) is 9.89 Å². The summed E-state index contributed by atoms with van der Waals surface area (Å²) in [6, 6.07) is 3.32. The molecule has 1 amide bonds. The zero-order chi connectivity index (χ0) is 24.9. The van der Waals surface area contributed by atoms with Crippen LogP contribution in [0, 0.1) is 12.3 Å². The fourth-order valence-corrected chi connectivity index (χ4v) is 4.54. The van der Waals surface area contributed by atoms with E-state index in [9.17, 15) is 18.0 Å². The number of anilines is 1. The van der Waals surface area contributed by atoms with Gasteiger partial charge >= 0.3 is 6.18 Å². The average Bonchev–Trinajstić information content (AvgIpc) is 3.44. The standard InChI is InChI=1S/C23H20F3N7O2/c1-10-29-16(9-35-10)31-22(34)20-18-15(32-33-20)7-6-14-17(18)11-4-2-3-5-12(11)19(30-14)13(8-27)21(28)23(24,25)26/h6-9,27H,2-5,28H2,1H3,(H,31,34)(H,32,33). The maximum Gasteiger partial charge on any atom is 0.431 e. The van der Waals surface area contributed by atoms with Crippen molar-refractivity contribution in [3.05, 3.63) is 52.5 Å². The number of hydrogen-bond acceptors (Lipinski definition) is 7. The Balaban J connectivity index is 1.76. The number of alkyl halides is 3. The van der Waals surface area contributed by atoms with Gasteiger partial charge in [0.2, 0.25) is 0 Å². The number of benzene rings is 1. The van der Waals surface area contributed by atoms with Crippen LogP contribution in [0.2, 0.25) is 0 Å². The molecular weight excluding hydrogens is 463 g/mol. The largest absolute Gasteiger partial charge is 0.447 e. The molecule has 12 heteroatoms. The van der Waals surface area contributed by atoms with Gasteiger partial charge in [-0.1, -0.05) is 0 Å². The van der Waals surface area contributed by atoms with Crippen molar-refractivity contribution < 1.29 is 22.4 Å². The number of halogens is 3. The molecule has 9 nitrogen and oxygen atoms in total. The summed E-state index contributed by atoms with van der Waals surface area (Å²) in [5, 5.41) is 18.5. The molecule has 5 N–H and O–H groups in total. The van der Waals surface area contributed by atoms with Crippen LogP contribution in [-0.2, 0) is 12.8 Å². The van der Waals surface area contributed by atoms with E-state index in [1.807, 2.05) is 0 Å². The second-order valence-corrected chi connectivity index (χ2v) is 8.25. The zero-order valence-electron chi connectivity index (χ0n) is 18.5. The molecule has 0 radical (unpaired) electrons. The van der Waals surface area contributed by atoms with E-state index in [1.165, 1.54) is 6.26 Å². The monoisotopic (exact) mass is 483 g/mol. The van der Waals surface area contributed by atoms with Gasteiger partial charge in [-0.15, -0.1) is 0 Å². The number of amides is 1. The van der Waals surface area contributed by atoms with Gasteiger partial charge in [-0.25, -0.2) is 4.98 Å². The fraction of sp³-hybridized carbons (Fsp3) is 0.261. The number of nitrogens with one attached hydrogen (secondary N) is 3. The number of aromatic amines is 1. The molecule has 1 aliphatic carbocycles. The summed E-state index contributed by atoms with van der Waals surface area (Å²) < 4.78 is 45.4. The Labute approximate surface area is 196 Å². The molecule has 0 bridgehead atoms. The van der Waals surface area contributed by atoms with E-state index in [-0.39, 0.29) is 17.2 Å². The van der Waals surface area contributed by atoms with Crippen LogP contribution < -0.4 is 11.1 Å². The lowest BCUT2D eigenvalue weighted by Gasteiger charge is -2.23. The summed E-state index contributed by atoms with van der Waals surface area (Å²) in [6.45, 7) is 1.64. The van der Waals surface area contributed by atoms with E-state index in [1.54, 1.807) is 19.1 Å². The van der Waals surface area contributed by atoms with Crippen molar-refractivity contribution in [2.24, 2.45) is 5.73 Å². The number of nitrogens with zero attached hydrogens (tertiary/aromatic N) is 3. The molecule has 4 aromatic rings. The quantitative estimate of drug-likeness (QED) is 0.316. The Bertz CT molecular complexity index is 1530. The van der Waals surface area contributed by atoms with Crippen molar-refractivity contribution in [2.75, 3.05) is 5.32 Å². The van der Waals surface area contributed by atoms with Crippen LogP contribution in [0.15, 0.2) is 28.5 Å². The van der Waals surface area contributed by atoms with Crippen LogP contribution >= 0.6 is 0 Å². The number of rotatable bonds is 4. The van der Waals surface area contributed by atoms with Gasteiger partial charge in [0.25, 0.3) is 5.91 Å². The van der Waals surface area contributed by atoms with Crippen LogP contribution in [0.25, 0.3) is 27.4 Å². The number of fused-ring (bicyclic) bond motifs is 5. The summed E-state index contributed by atoms with van der Waals surface area (Å²) in [7, 11) is 0. The number of carbonyl (C=O) groups excluding carboxylic acids is 1. The molecular formula is C23H20F3N7O2. The Kier molecular flexibility index (Phi) is 5.30. The van der Waals surface area contributed by atoms with E-state index in [0.29, 0.717) is 52.3 Å². The summed E-state index contributed by atoms with van der Waals surface area (Å²) in [5.41, 5.74) is 6.07. The zero-order valence-corrected chi connectivity index (χ0v) is 18.5. The van der Waals surface area contributed by atoms with Gasteiger partial charge < -0.3 is 20.9 Å². The van der Waals surface area contributed by atoms with Crippen molar-refractivity contribution in [3.63, 3.8) is 0 Å². The Morgan fingerprint density at radius 3 is 2.57 bits per heavy atom. The molecule has 180 valence electrons. The molecule has 0 atom stereocenters. The highest BCUT2D eigenvalue weighted by Crippen LogP contribution is 2.39. The first kappa shape index (κ1) is 22.6. The van der Waals surface area contributed by atoms with Crippen LogP contribution in [-0.4, -0.2) is 38.5 Å². The normalized spacial score (nSPS) is 14.6. The molecule has 35 heavy (non-hydrogen) atoms. The highest BCUT2D eigenvalue weighted by Gasteiger charge is 2.36. The Hall–Kier alpha value is -4.22. The van der Waals surface area contributed by atoms with Gasteiger partial charge in [0.1, 0.15) is 12.0 Å². The predicted octanol–water partition coefficient (Wildman–Crippen LogP) is 4.42. The number of allylic oxidation sites excluding steroid dienone is 2. The molecule has 0 fully saturated rings. The molecule has 5 rings (SSSR count). The summed E-state index contributed by atoms with van der Waals surface area (Å²) >= 11 is 0. The second-order valence-electron chi connectivity index (χ2n) is 8.25. The highest BCUT2D eigenvalue weighted by atomic mass is 19.4. The molecule has 1 aliphatic rings. The van der Waals surface area contributed by atoms with Crippen molar-refractivity contribution in [1.82, 2.24) is 20.2 Å². The molecule has 0 unspecified atom stereocenters. The summed E-state index contributed by atoms with van der Waals surface area (Å²) in [4.78, 5) is 21.6. The second kappa shape index (κ2) is 8.22. The third-order valence-electron chi connectivity index (χ3n) is 6.07. The maximum absolute atomic E-state index is 13.4. The van der Waals surface area contributed by atoms with Crippen molar-refractivity contribution in [2.45, 2.75) is 38.8 Å². The molecule has 3 aromatic heterocycles. The van der Waals surface area contributed by atoms with Crippen LogP contribution in [0.5, 0.6) is 0 Å². The van der Waals surface area contributed by atoms with Gasteiger partial charge in [0.15, 0.2) is 17.4 Å². The minimum Gasteiger partial charge on any atom is -0.447 e. The van der Waals surface area contributed by atoms with Crippen LogP contribution in [0.4, 0.5) is 19.0 Å². The van der Waals surface area contributed by atoms with Gasteiger partial charge in [-0.05, 0) is 48.9 Å². The van der Waals surface area contributed by atoms with E-state index in [0.717, 1.165) is 18.4 Å². The third-order valence-corrected chi connectivity index (χ3v) is 6.07. The minimum absolute atomic E-state index is 0.0453. The van der Waals surface area contributed by atoms with Crippen LogP contribution in [0.3, 0.4) is 0 Å².